The average molecular weight is 333 g/mol. The minimum Gasteiger partial charge on any atom is -0.496 e. The van der Waals surface area contributed by atoms with Crippen LogP contribution in [0.1, 0.15) is 28.8 Å². The van der Waals surface area contributed by atoms with Gasteiger partial charge in [-0.05, 0) is 25.8 Å². The van der Waals surface area contributed by atoms with Gasteiger partial charge in [0.05, 0.1) is 29.2 Å². The number of hydrogen-bond donors (Lipinski definition) is 1. The zero-order valence-electron chi connectivity index (χ0n) is 13.6. The zero-order chi connectivity index (χ0) is 17.4. The topological polar surface area (TPSA) is 102 Å². The SMILES string of the molecule is COc1cc(C(=O)N2CC(NC(=O)C3CC3)C2)cc([N+](=O)[O-])c1C. The average Bonchev–Trinajstić information content (AvgIpc) is 3.34. The number of hydrogen-bond acceptors (Lipinski definition) is 5. The van der Waals surface area contributed by atoms with Crippen LogP contribution in [-0.2, 0) is 4.79 Å². The van der Waals surface area contributed by atoms with Crippen molar-refractivity contribution in [2.24, 2.45) is 5.92 Å². The third-order valence-corrected chi connectivity index (χ3v) is 4.46. The summed E-state index contributed by atoms with van der Waals surface area (Å²) in [6, 6.07) is 2.75. The molecule has 1 N–H and O–H groups in total. The van der Waals surface area contributed by atoms with Gasteiger partial charge in [-0.3, -0.25) is 19.7 Å². The molecular formula is C16H19N3O5. The number of nitro benzene ring substituents is 1. The third-order valence-electron chi connectivity index (χ3n) is 4.46. The van der Waals surface area contributed by atoms with E-state index in [1.54, 1.807) is 11.8 Å². The van der Waals surface area contributed by atoms with E-state index in [4.69, 9.17) is 4.74 Å². The molecule has 0 aromatic heterocycles. The van der Waals surface area contributed by atoms with Gasteiger partial charge in [-0.15, -0.1) is 0 Å². The number of methoxy groups -OCH3 is 1. The Hall–Kier alpha value is -2.64. The highest BCUT2D eigenvalue weighted by molar-refractivity contribution is 5.96. The lowest BCUT2D eigenvalue weighted by atomic mass is 10.0. The molecule has 0 atom stereocenters. The monoisotopic (exact) mass is 333 g/mol. The first kappa shape index (κ1) is 16.2. The van der Waals surface area contributed by atoms with Crippen molar-refractivity contribution >= 4 is 17.5 Å². The van der Waals surface area contributed by atoms with Crippen LogP contribution in [0, 0.1) is 23.0 Å². The number of carbonyl (C=O) groups is 2. The first-order valence-electron chi connectivity index (χ1n) is 7.83. The molecular weight excluding hydrogens is 314 g/mol. The van der Waals surface area contributed by atoms with Crippen molar-refractivity contribution in [1.29, 1.82) is 0 Å². The molecule has 2 aliphatic rings. The maximum Gasteiger partial charge on any atom is 0.276 e. The van der Waals surface area contributed by atoms with Gasteiger partial charge in [0, 0.05) is 25.1 Å². The van der Waals surface area contributed by atoms with Gasteiger partial charge in [0.1, 0.15) is 5.75 Å². The predicted octanol–water partition coefficient (Wildman–Crippen LogP) is 1.26. The Morgan fingerprint density at radius 2 is 2.00 bits per heavy atom. The highest BCUT2D eigenvalue weighted by atomic mass is 16.6. The predicted molar refractivity (Wildman–Crippen MR) is 84.9 cm³/mol. The van der Waals surface area contributed by atoms with Crippen molar-refractivity contribution in [2.75, 3.05) is 20.2 Å². The van der Waals surface area contributed by atoms with Gasteiger partial charge < -0.3 is 15.0 Å². The van der Waals surface area contributed by atoms with Gasteiger partial charge in [0.25, 0.3) is 11.6 Å². The van der Waals surface area contributed by atoms with Crippen LogP contribution in [0.2, 0.25) is 0 Å². The number of likely N-dealkylation sites (tertiary alicyclic amines) is 1. The molecule has 0 bridgehead atoms. The quantitative estimate of drug-likeness (QED) is 0.646. The highest BCUT2D eigenvalue weighted by Gasteiger charge is 2.37. The molecule has 8 nitrogen and oxygen atoms in total. The number of amides is 2. The van der Waals surface area contributed by atoms with E-state index in [0.717, 1.165) is 12.8 Å². The van der Waals surface area contributed by atoms with E-state index >= 15 is 0 Å². The fourth-order valence-electron chi connectivity index (χ4n) is 2.78. The Labute approximate surface area is 138 Å². The van der Waals surface area contributed by atoms with Gasteiger partial charge in [0.15, 0.2) is 0 Å². The van der Waals surface area contributed by atoms with Gasteiger partial charge in [-0.2, -0.15) is 0 Å². The van der Waals surface area contributed by atoms with Gasteiger partial charge >= 0.3 is 0 Å². The summed E-state index contributed by atoms with van der Waals surface area (Å²) in [5.41, 5.74) is 0.463. The maximum atomic E-state index is 12.5. The minimum atomic E-state index is -0.524. The second-order valence-electron chi connectivity index (χ2n) is 6.27. The molecule has 0 radical (unpaired) electrons. The molecule has 1 aliphatic heterocycles. The second-order valence-corrected chi connectivity index (χ2v) is 6.27. The summed E-state index contributed by atoms with van der Waals surface area (Å²) in [6.45, 7) is 2.42. The summed E-state index contributed by atoms with van der Waals surface area (Å²) in [6.07, 6.45) is 1.88. The van der Waals surface area contributed by atoms with E-state index in [-0.39, 0.29) is 35.0 Å². The Bertz CT molecular complexity index is 708. The van der Waals surface area contributed by atoms with E-state index < -0.39 is 4.92 Å². The van der Waals surface area contributed by atoms with Crippen LogP contribution in [0.15, 0.2) is 12.1 Å². The summed E-state index contributed by atoms with van der Waals surface area (Å²) in [5.74, 6) is 0.207. The molecule has 0 spiro atoms. The van der Waals surface area contributed by atoms with Crippen LogP contribution in [0.25, 0.3) is 0 Å². The molecule has 1 aromatic carbocycles. The molecule has 0 unspecified atom stereocenters. The molecule has 128 valence electrons. The summed E-state index contributed by atoms with van der Waals surface area (Å²) in [4.78, 5) is 36.4. The van der Waals surface area contributed by atoms with Crippen molar-refractivity contribution in [1.82, 2.24) is 10.2 Å². The van der Waals surface area contributed by atoms with Crippen molar-refractivity contribution in [3.63, 3.8) is 0 Å². The first-order chi connectivity index (χ1) is 11.4. The summed E-state index contributed by atoms with van der Waals surface area (Å²) in [5, 5.41) is 14.0. The molecule has 24 heavy (non-hydrogen) atoms. The number of rotatable bonds is 5. The second kappa shape index (κ2) is 6.10. The number of benzene rings is 1. The van der Waals surface area contributed by atoms with Crippen molar-refractivity contribution in [2.45, 2.75) is 25.8 Å². The first-order valence-corrected chi connectivity index (χ1v) is 7.83. The fourth-order valence-corrected chi connectivity index (χ4v) is 2.78. The highest BCUT2D eigenvalue weighted by Crippen LogP contribution is 2.31. The van der Waals surface area contributed by atoms with E-state index in [9.17, 15) is 19.7 Å². The number of nitrogens with zero attached hydrogens (tertiary/aromatic N) is 2. The van der Waals surface area contributed by atoms with Crippen LogP contribution in [0.5, 0.6) is 5.75 Å². The maximum absolute atomic E-state index is 12.5. The van der Waals surface area contributed by atoms with Crippen LogP contribution in [-0.4, -0.2) is 47.9 Å². The van der Waals surface area contributed by atoms with E-state index in [0.29, 0.717) is 24.4 Å². The summed E-state index contributed by atoms with van der Waals surface area (Å²) < 4.78 is 5.13. The Morgan fingerprint density at radius 3 is 2.54 bits per heavy atom. The van der Waals surface area contributed by atoms with Gasteiger partial charge in [-0.25, -0.2) is 0 Å². The molecule has 8 heteroatoms. The van der Waals surface area contributed by atoms with Crippen LogP contribution >= 0.6 is 0 Å². The lowest BCUT2D eigenvalue weighted by molar-refractivity contribution is -0.385. The molecule has 1 aliphatic carbocycles. The standard InChI is InChI=1S/C16H19N3O5/c1-9-13(19(22)23)5-11(6-14(9)24-2)16(21)18-7-12(8-18)17-15(20)10-3-4-10/h5-6,10,12H,3-4,7-8H2,1-2H3,(H,17,20). The smallest absolute Gasteiger partial charge is 0.276 e. The lowest BCUT2D eigenvalue weighted by Gasteiger charge is -2.39. The third kappa shape index (κ3) is 3.04. The van der Waals surface area contributed by atoms with Crippen LogP contribution in [0.4, 0.5) is 5.69 Å². The lowest BCUT2D eigenvalue weighted by Crippen LogP contribution is -2.61. The summed E-state index contributed by atoms with van der Waals surface area (Å²) in [7, 11) is 1.41. The van der Waals surface area contributed by atoms with E-state index in [1.165, 1.54) is 19.2 Å². The van der Waals surface area contributed by atoms with E-state index in [1.807, 2.05) is 0 Å². The molecule has 2 amide bonds. The normalized spacial score (nSPS) is 17.2. The number of nitrogens with one attached hydrogen (secondary N) is 1. The minimum absolute atomic E-state index is 0.0376. The van der Waals surface area contributed by atoms with E-state index in [2.05, 4.69) is 5.32 Å². The fraction of sp³-hybridized carbons (Fsp3) is 0.500. The van der Waals surface area contributed by atoms with Gasteiger partial charge in [0.2, 0.25) is 5.91 Å². The molecule has 3 rings (SSSR count). The number of ether oxygens (including phenoxy) is 1. The number of nitro groups is 1. The van der Waals surface area contributed by atoms with Crippen LogP contribution in [0.3, 0.4) is 0 Å². The van der Waals surface area contributed by atoms with Gasteiger partial charge in [-0.1, -0.05) is 0 Å². The summed E-state index contributed by atoms with van der Waals surface area (Å²) >= 11 is 0. The Balaban J connectivity index is 1.68. The zero-order valence-corrected chi connectivity index (χ0v) is 13.6. The van der Waals surface area contributed by atoms with Crippen molar-refractivity contribution in [3.8, 4) is 5.75 Å². The molecule has 2 fully saturated rings. The Morgan fingerprint density at radius 1 is 1.33 bits per heavy atom. The van der Waals surface area contributed by atoms with Crippen molar-refractivity contribution in [3.05, 3.63) is 33.4 Å². The largest absolute Gasteiger partial charge is 0.496 e. The molecule has 1 saturated heterocycles. The number of carbonyl (C=O) groups excluding carboxylic acids is 2. The Kier molecular flexibility index (Phi) is 4.13. The molecule has 1 saturated carbocycles. The van der Waals surface area contributed by atoms with Crippen LogP contribution < -0.4 is 10.1 Å². The van der Waals surface area contributed by atoms with Crippen molar-refractivity contribution < 1.29 is 19.2 Å². The molecule has 1 heterocycles. The molecule has 1 aromatic rings.